The summed E-state index contributed by atoms with van der Waals surface area (Å²) in [6, 6.07) is 6.93. The van der Waals surface area contributed by atoms with Crippen molar-refractivity contribution in [3.8, 4) is 16.9 Å². The Morgan fingerprint density at radius 3 is 2.62 bits per heavy atom. The largest absolute Gasteiger partial charge is 0.460 e. The first-order valence-corrected chi connectivity index (χ1v) is 9.31. The van der Waals surface area contributed by atoms with Crippen LogP contribution in [-0.4, -0.2) is 72.3 Å². The summed E-state index contributed by atoms with van der Waals surface area (Å²) < 4.78 is 12.8. The molecular weight excluding hydrogens is 402 g/mol. The zero-order valence-electron chi connectivity index (χ0n) is 15.4. The average molecular weight is 422 g/mol. The number of ether oxygens (including phenoxy) is 2. The predicted molar refractivity (Wildman–Crippen MR) is 103 cm³/mol. The fraction of sp³-hybridized carbons (Fsp3) is 0.368. The van der Waals surface area contributed by atoms with Crippen LogP contribution in [0.25, 0.3) is 22.3 Å². The first-order chi connectivity index (χ1) is 13.9. The second-order valence-corrected chi connectivity index (χ2v) is 7.29. The third kappa shape index (κ3) is 3.68. The van der Waals surface area contributed by atoms with Crippen LogP contribution >= 0.6 is 11.6 Å². The minimum atomic E-state index is -1.53. The summed E-state index contributed by atoms with van der Waals surface area (Å²) in [5.74, 6) is 0.214. The van der Waals surface area contributed by atoms with E-state index in [-0.39, 0.29) is 10.8 Å². The molecule has 154 valence electrons. The highest BCUT2D eigenvalue weighted by Gasteiger charge is 2.44. The second kappa shape index (κ2) is 7.86. The Bertz CT molecular complexity index is 1030. The Morgan fingerprint density at radius 2 is 1.90 bits per heavy atom. The maximum Gasteiger partial charge on any atom is 0.229 e. The molecule has 9 nitrogen and oxygen atoms in total. The van der Waals surface area contributed by atoms with Crippen molar-refractivity contribution in [1.82, 2.24) is 14.5 Å². The van der Waals surface area contributed by atoms with Gasteiger partial charge in [-0.15, -0.1) is 0 Å². The number of hydrogen-bond donors (Lipinski definition) is 4. The van der Waals surface area contributed by atoms with Crippen LogP contribution in [-0.2, 0) is 11.8 Å². The summed E-state index contributed by atoms with van der Waals surface area (Å²) in [6.45, 7) is -0.541. The first kappa shape index (κ1) is 20.0. The molecule has 2 aromatic heterocycles. The number of aliphatic hydroxyl groups is 4. The Labute approximate surface area is 170 Å². The Kier molecular flexibility index (Phi) is 5.43. The monoisotopic (exact) mass is 421 g/mol. The second-order valence-electron chi connectivity index (χ2n) is 6.88. The van der Waals surface area contributed by atoms with Crippen molar-refractivity contribution >= 4 is 22.8 Å². The molecule has 3 aromatic rings. The van der Waals surface area contributed by atoms with Crippen molar-refractivity contribution in [2.45, 2.75) is 30.7 Å². The number of nitrogens with zero attached hydrogens (tertiary/aromatic N) is 3. The molecule has 4 rings (SSSR count). The molecule has 29 heavy (non-hydrogen) atoms. The molecule has 5 atom stereocenters. The van der Waals surface area contributed by atoms with Gasteiger partial charge in [0, 0.05) is 18.8 Å². The van der Waals surface area contributed by atoms with Crippen LogP contribution in [0.4, 0.5) is 0 Å². The molecule has 0 aliphatic carbocycles. The molecule has 1 saturated heterocycles. The van der Waals surface area contributed by atoms with E-state index in [1.165, 1.54) is 0 Å². The Morgan fingerprint density at radius 1 is 1.10 bits per heavy atom. The van der Waals surface area contributed by atoms with Gasteiger partial charge in [0.1, 0.15) is 35.7 Å². The lowest BCUT2D eigenvalue weighted by atomic mass is 9.99. The number of hydrogen-bond acceptors (Lipinski definition) is 8. The van der Waals surface area contributed by atoms with E-state index in [1.807, 2.05) is 17.7 Å². The van der Waals surface area contributed by atoms with E-state index in [9.17, 15) is 20.4 Å². The molecular formula is C19H20ClN3O6. The van der Waals surface area contributed by atoms with Gasteiger partial charge in [0.05, 0.1) is 18.0 Å². The van der Waals surface area contributed by atoms with E-state index in [0.717, 1.165) is 22.3 Å². The molecule has 10 heteroatoms. The quantitative estimate of drug-likeness (QED) is 0.478. The standard InChI is InChI=1S/C19H20ClN3O6/c1-23-8-22-12-5-10(6-21-18(12)23)9-2-3-13(11(20)4-9)28-19-17(27)16(26)15(25)14(7-24)29-19/h2-6,8,14-17,19,24-27H,7H2,1H3/t14?,15-,16?,17-,19+/m1/s1. The maximum atomic E-state index is 10.1. The van der Waals surface area contributed by atoms with Crippen LogP contribution in [0.15, 0.2) is 36.8 Å². The van der Waals surface area contributed by atoms with E-state index in [4.69, 9.17) is 21.1 Å². The van der Waals surface area contributed by atoms with Crippen LogP contribution in [0.3, 0.4) is 0 Å². The fourth-order valence-corrected chi connectivity index (χ4v) is 3.46. The molecule has 0 saturated carbocycles. The topological polar surface area (TPSA) is 130 Å². The first-order valence-electron chi connectivity index (χ1n) is 8.93. The van der Waals surface area contributed by atoms with Crippen LogP contribution < -0.4 is 4.74 Å². The van der Waals surface area contributed by atoms with Gasteiger partial charge in [0.25, 0.3) is 0 Å². The van der Waals surface area contributed by atoms with E-state index >= 15 is 0 Å². The van der Waals surface area contributed by atoms with Crippen LogP contribution in [0.2, 0.25) is 5.02 Å². The molecule has 3 heterocycles. The van der Waals surface area contributed by atoms with Gasteiger partial charge in [0.15, 0.2) is 5.65 Å². The molecule has 1 aromatic carbocycles. The van der Waals surface area contributed by atoms with E-state index in [2.05, 4.69) is 9.97 Å². The molecule has 1 aliphatic heterocycles. The molecule has 2 unspecified atom stereocenters. The summed E-state index contributed by atoms with van der Waals surface area (Å²) in [6.07, 6.45) is -3.46. The van der Waals surface area contributed by atoms with Gasteiger partial charge in [-0.1, -0.05) is 17.7 Å². The molecule has 1 aliphatic rings. The smallest absolute Gasteiger partial charge is 0.229 e. The van der Waals surface area contributed by atoms with Gasteiger partial charge in [-0.05, 0) is 23.8 Å². The molecule has 0 amide bonds. The minimum absolute atomic E-state index is 0.214. The van der Waals surface area contributed by atoms with Gasteiger partial charge >= 0.3 is 0 Å². The summed E-state index contributed by atoms with van der Waals surface area (Å²) in [7, 11) is 1.87. The van der Waals surface area contributed by atoms with Crippen molar-refractivity contribution < 1.29 is 29.9 Å². The lowest BCUT2D eigenvalue weighted by molar-refractivity contribution is -0.277. The fourth-order valence-electron chi connectivity index (χ4n) is 3.24. The minimum Gasteiger partial charge on any atom is -0.460 e. The van der Waals surface area contributed by atoms with Gasteiger partial charge in [-0.25, -0.2) is 9.97 Å². The molecule has 4 N–H and O–H groups in total. The number of fused-ring (bicyclic) bond motifs is 1. The van der Waals surface area contributed by atoms with Gasteiger partial charge < -0.3 is 34.5 Å². The van der Waals surface area contributed by atoms with Crippen LogP contribution in [0.5, 0.6) is 5.75 Å². The SMILES string of the molecule is Cn1cnc2cc(-c3ccc(O[C@H]4OC(CO)[C@@H](O)C(O)[C@H]4O)c(Cl)c3)cnc21. The molecule has 0 spiro atoms. The highest BCUT2D eigenvalue weighted by atomic mass is 35.5. The number of pyridine rings is 1. The van der Waals surface area contributed by atoms with Crippen molar-refractivity contribution in [2.24, 2.45) is 7.05 Å². The van der Waals surface area contributed by atoms with Crippen molar-refractivity contribution in [1.29, 1.82) is 0 Å². The Balaban J connectivity index is 1.56. The summed E-state index contributed by atoms with van der Waals surface area (Å²) in [4.78, 5) is 8.70. The number of aliphatic hydroxyl groups excluding tert-OH is 4. The number of halogens is 1. The van der Waals surface area contributed by atoms with E-state index in [1.54, 1.807) is 30.7 Å². The highest BCUT2D eigenvalue weighted by Crippen LogP contribution is 2.33. The lowest BCUT2D eigenvalue weighted by Gasteiger charge is -2.39. The molecule has 0 bridgehead atoms. The summed E-state index contributed by atoms with van der Waals surface area (Å²) in [5.41, 5.74) is 3.12. The zero-order valence-corrected chi connectivity index (χ0v) is 16.1. The summed E-state index contributed by atoms with van der Waals surface area (Å²) in [5, 5.41) is 39.4. The van der Waals surface area contributed by atoms with Gasteiger partial charge in [-0.2, -0.15) is 0 Å². The number of rotatable bonds is 4. The van der Waals surface area contributed by atoms with Crippen molar-refractivity contribution in [3.63, 3.8) is 0 Å². The highest BCUT2D eigenvalue weighted by molar-refractivity contribution is 6.32. The normalized spacial score (nSPS) is 27.3. The molecule has 1 fully saturated rings. The van der Waals surface area contributed by atoms with Crippen LogP contribution in [0.1, 0.15) is 0 Å². The number of imidazole rings is 1. The van der Waals surface area contributed by atoms with Crippen molar-refractivity contribution in [2.75, 3.05) is 6.61 Å². The number of benzene rings is 1. The third-order valence-electron chi connectivity index (χ3n) is 4.91. The Hall–Kier alpha value is -2.27. The van der Waals surface area contributed by atoms with E-state index in [0.29, 0.717) is 0 Å². The third-order valence-corrected chi connectivity index (χ3v) is 5.20. The predicted octanol–water partition coefficient (Wildman–Crippen LogP) is 0.467. The number of aryl methyl sites for hydroxylation is 1. The zero-order chi connectivity index (χ0) is 20.7. The van der Waals surface area contributed by atoms with Crippen LogP contribution in [0, 0.1) is 0 Å². The van der Waals surface area contributed by atoms with Crippen molar-refractivity contribution in [3.05, 3.63) is 41.8 Å². The lowest BCUT2D eigenvalue weighted by Crippen LogP contribution is -2.60. The maximum absolute atomic E-state index is 10.1. The molecule has 0 radical (unpaired) electrons. The summed E-state index contributed by atoms with van der Waals surface area (Å²) >= 11 is 6.34. The van der Waals surface area contributed by atoms with Gasteiger partial charge in [0.2, 0.25) is 6.29 Å². The number of aromatic nitrogens is 3. The van der Waals surface area contributed by atoms with E-state index < -0.39 is 37.3 Å². The average Bonchev–Trinajstić information content (AvgIpc) is 3.10. The van der Waals surface area contributed by atoms with Gasteiger partial charge in [-0.3, -0.25) is 0 Å².